The van der Waals surface area contributed by atoms with Crippen LogP contribution in [0.5, 0.6) is 0 Å². The predicted octanol–water partition coefficient (Wildman–Crippen LogP) is 2.93. The van der Waals surface area contributed by atoms with Crippen molar-refractivity contribution >= 4 is 29.6 Å². The number of rotatable bonds is 6. The number of ether oxygens (including phenoxy) is 1. The molecule has 0 bridgehead atoms. The summed E-state index contributed by atoms with van der Waals surface area (Å²) >= 11 is 0. The van der Waals surface area contributed by atoms with E-state index >= 15 is 0 Å². The van der Waals surface area contributed by atoms with Gasteiger partial charge >= 0.3 is 18.0 Å². The zero-order valence-electron chi connectivity index (χ0n) is 18.9. The molecule has 0 radical (unpaired) electrons. The molecule has 0 unspecified atom stereocenters. The second kappa shape index (κ2) is 13.6. The van der Waals surface area contributed by atoms with Gasteiger partial charge in [0.05, 0.1) is 0 Å². The molecule has 3 N–H and O–H groups in total. The zero-order valence-corrected chi connectivity index (χ0v) is 18.9. The SMILES string of the molecule is CN(C(=O)C1CCC(CNC(=O)OCc2ccccc2)CC1)c1ccncc1.O=C(O)C(=O)O. The Hall–Kier alpha value is -3.95. The molecule has 10 heteroatoms. The molecule has 1 aromatic heterocycles. The minimum Gasteiger partial charge on any atom is -0.473 e. The fourth-order valence-electron chi connectivity index (χ4n) is 3.58. The van der Waals surface area contributed by atoms with Crippen molar-refractivity contribution in [3.63, 3.8) is 0 Å². The van der Waals surface area contributed by atoms with Crippen molar-refractivity contribution in [1.82, 2.24) is 10.3 Å². The van der Waals surface area contributed by atoms with Crippen molar-refractivity contribution < 1.29 is 34.1 Å². The lowest BCUT2D eigenvalue weighted by atomic mass is 9.81. The van der Waals surface area contributed by atoms with E-state index in [2.05, 4.69) is 10.3 Å². The van der Waals surface area contributed by atoms with E-state index in [0.717, 1.165) is 36.9 Å². The second-order valence-electron chi connectivity index (χ2n) is 7.87. The predicted molar refractivity (Wildman–Crippen MR) is 123 cm³/mol. The molecule has 0 spiro atoms. The van der Waals surface area contributed by atoms with E-state index in [1.54, 1.807) is 17.3 Å². The van der Waals surface area contributed by atoms with Gasteiger partial charge in [0.2, 0.25) is 5.91 Å². The van der Waals surface area contributed by atoms with Gasteiger partial charge in [0, 0.05) is 37.6 Å². The Labute approximate surface area is 197 Å². The molecule has 2 aromatic rings. The Morgan fingerprint density at radius 2 is 1.56 bits per heavy atom. The third-order valence-electron chi connectivity index (χ3n) is 5.51. The highest BCUT2D eigenvalue weighted by atomic mass is 16.5. The van der Waals surface area contributed by atoms with Crippen molar-refractivity contribution in [1.29, 1.82) is 0 Å². The van der Waals surface area contributed by atoms with Gasteiger partial charge in [-0.15, -0.1) is 0 Å². The summed E-state index contributed by atoms with van der Waals surface area (Å²) in [4.78, 5) is 48.5. The number of amides is 2. The van der Waals surface area contributed by atoms with Gasteiger partial charge < -0.3 is 25.2 Å². The van der Waals surface area contributed by atoms with Crippen molar-refractivity contribution in [3.8, 4) is 0 Å². The molecule has 0 atom stereocenters. The summed E-state index contributed by atoms with van der Waals surface area (Å²) in [7, 11) is 1.81. The molecule has 1 aliphatic rings. The van der Waals surface area contributed by atoms with Crippen LogP contribution in [0.1, 0.15) is 31.2 Å². The molecular weight excluding hydrogens is 442 g/mol. The lowest BCUT2D eigenvalue weighted by Gasteiger charge is -2.30. The molecule has 1 aliphatic carbocycles. The number of carbonyl (C=O) groups is 4. The van der Waals surface area contributed by atoms with E-state index in [1.165, 1.54) is 0 Å². The Morgan fingerprint density at radius 3 is 2.12 bits per heavy atom. The zero-order chi connectivity index (χ0) is 24.9. The van der Waals surface area contributed by atoms with Gasteiger partial charge in [0.25, 0.3) is 0 Å². The number of aromatic nitrogens is 1. The Bertz CT molecular complexity index is 934. The van der Waals surface area contributed by atoms with Crippen LogP contribution in [-0.2, 0) is 25.7 Å². The van der Waals surface area contributed by atoms with Crippen LogP contribution in [0, 0.1) is 11.8 Å². The first-order valence-corrected chi connectivity index (χ1v) is 10.9. The molecule has 1 heterocycles. The van der Waals surface area contributed by atoms with Crippen molar-refractivity contribution in [2.75, 3.05) is 18.5 Å². The number of hydrogen-bond acceptors (Lipinski definition) is 6. The summed E-state index contributed by atoms with van der Waals surface area (Å²) in [6.45, 7) is 0.865. The van der Waals surface area contributed by atoms with Gasteiger partial charge in [-0.25, -0.2) is 14.4 Å². The molecule has 2 amide bonds. The monoisotopic (exact) mass is 471 g/mol. The summed E-state index contributed by atoms with van der Waals surface area (Å²) in [5.41, 5.74) is 1.83. The molecule has 3 rings (SSSR count). The average molecular weight is 472 g/mol. The van der Waals surface area contributed by atoms with E-state index in [1.807, 2.05) is 49.5 Å². The lowest BCUT2D eigenvalue weighted by molar-refractivity contribution is -0.159. The molecule has 10 nitrogen and oxygen atoms in total. The van der Waals surface area contributed by atoms with Crippen LogP contribution >= 0.6 is 0 Å². The van der Waals surface area contributed by atoms with Gasteiger partial charge in [-0.2, -0.15) is 0 Å². The Balaban J connectivity index is 0.000000604. The van der Waals surface area contributed by atoms with Crippen LogP contribution in [0.4, 0.5) is 10.5 Å². The highest BCUT2D eigenvalue weighted by Gasteiger charge is 2.29. The van der Waals surface area contributed by atoms with Crippen LogP contribution in [-0.4, -0.2) is 52.7 Å². The fourth-order valence-corrected chi connectivity index (χ4v) is 3.58. The summed E-state index contributed by atoms with van der Waals surface area (Å²) in [6, 6.07) is 13.3. The second-order valence-corrected chi connectivity index (χ2v) is 7.87. The highest BCUT2D eigenvalue weighted by Crippen LogP contribution is 2.30. The quantitative estimate of drug-likeness (QED) is 0.545. The summed E-state index contributed by atoms with van der Waals surface area (Å²) in [5, 5.41) is 17.6. The number of nitrogens with zero attached hydrogens (tertiary/aromatic N) is 2. The Kier molecular flexibility index (Phi) is 10.5. The number of benzene rings is 1. The number of carboxylic acids is 2. The number of carbonyl (C=O) groups excluding carboxylic acids is 2. The fraction of sp³-hybridized carbons (Fsp3) is 0.375. The van der Waals surface area contributed by atoms with Crippen molar-refractivity contribution in [3.05, 3.63) is 60.4 Å². The van der Waals surface area contributed by atoms with Crippen molar-refractivity contribution in [2.45, 2.75) is 32.3 Å². The minimum absolute atomic E-state index is 0.0412. The maximum atomic E-state index is 12.7. The number of nitrogens with one attached hydrogen (secondary N) is 1. The van der Waals surface area contributed by atoms with E-state index in [4.69, 9.17) is 24.5 Å². The van der Waals surface area contributed by atoms with Crippen LogP contribution in [0.3, 0.4) is 0 Å². The van der Waals surface area contributed by atoms with Gasteiger partial charge in [-0.1, -0.05) is 30.3 Å². The molecule has 34 heavy (non-hydrogen) atoms. The van der Waals surface area contributed by atoms with Gasteiger partial charge in [0.1, 0.15) is 6.61 Å². The van der Waals surface area contributed by atoms with Gasteiger partial charge in [0.15, 0.2) is 0 Å². The minimum atomic E-state index is -1.82. The first kappa shape index (κ1) is 26.3. The van der Waals surface area contributed by atoms with Crippen molar-refractivity contribution in [2.24, 2.45) is 11.8 Å². The van der Waals surface area contributed by atoms with E-state index in [0.29, 0.717) is 12.5 Å². The Morgan fingerprint density at radius 1 is 0.971 bits per heavy atom. The normalized spacial score (nSPS) is 16.9. The third kappa shape index (κ3) is 8.89. The van der Waals surface area contributed by atoms with Gasteiger partial charge in [-0.05, 0) is 49.3 Å². The topological polar surface area (TPSA) is 146 Å². The van der Waals surface area contributed by atoms with Crippen LogP contribution in [0.2, 0.25) is 0 Å². The summed E-state index contributed by atoms with van der Waals surface area (Å²) in [6.07, 6.45) is 6.55. The largest absolute Gasteiger partial charge is 0.473 e. The average Bonchev–Trinajstić information content (AvgIpc) is 2.87. The smallest absolute Gasteiger partial charge is 0.414 e. The maximum absolute atomic E-state index is 12.7. The van der Waals surface area contributed by atoms with Crippen LogP contribution < -0.4 is 10.2 Å². The molecule has 182 valence electrons. The number of alkyl carbamates (subject to hydrolysis) is 1. The van der Waals surface area contributed by atoms with E-state index in [-0.39, 0.29) is 24.5 Å². The first-order chi connectivity index (χ1) is 16.3. The van der Waals surface area contributed by atoms with E-state index in [9.17, 15) is 9.59 Å². The van der Waals surface area contributed by atoms with Crippen LogP contribution in [0.25, 0.3) is 0 Å². The molecule has 1 saturated carbocycles. The molecule has 0 saturated heterocycles. The molecular formula is C24H29N3O7. The van der Waals surface area contributed by atoms with Gasteiger partial charge in [-0.3, -0.25) is 9.78 Å². The lowest BCUT2D eigenvalue weighted by Crippen LogP contribution is -2.37. The summed E-state index contributed by atoms with van der Waals surface area (Å²) in [5.74, 6) is -3.07. The number of carboxylic acid groups (broad SMARTS) is 2. The molecule has 1 fully saturated rings. The number of aliphatic carboxylic acids is 2. The number of pyridine rings is 1. The maximum Gasteiger partial charge on any atom is 0.414 e. The standard InChI is InChI=1S/C22H27N3O3.C2H2O4/c1-25(20-11-13-23-14-12-20)21(26)19-9-7-17(8-10-19)15-24-22(27)28-16-18-5-3-2-4-6-18;3-1(4)2(5)6/h2-6,11-14,17,19H,7-10,15-16H2,1H3,(H,24,27);(H,3,4)(H,5,6). The molecule has 1 aromatic carbocycles. The van der Waals surface area contributed by atoms with Crippen LogP contribution in [0.15, 0.2) is 54.9 Å². The third-order valence-corrected chi connectivity index (χ3v) is 5.51. The summed E-state index contributed by atoms with van der Waals surface area (Å²) < 4.78 is 5.24. The van der Waals surface area contributed by atoms with E-state index < -0.39 is 11.9 Å². The number of hydrogen-bond donors (Lipinski definition) is 3. The number of anilines is 1. The first-order valence-electron chi connectivity index (χ1n) is 10.9. The highest BCUT2D eigenvalue weighted by molar-refractivity contribution is 6.27. The molecule has 0 aliphatic heterocycles.